The highest BCUT2D eigenvalue weighted by atomic mass is 79.9. The lowest BCUT2D eigenvalue weighted by Gasteiger charge is -2.07. The van der Waals surface area contributed by atoms with Crippen molar-refractivity contribution in [1.29, 1.82) is 0 Å². The van der Waals surface area contributed by atoms with Crippen LogP contribution in [0.2, 0.25) is 0 Å². The molecular formula is C18H15BrN2O2S. The number of amidine groups is 1. The number of aryl methyl sites for hydroxylation is 1. The Labute approximate surface area is 153 Å². The van der Waals surface area contributed by atoms with Crippen LogP contribution in [-0.4, -0.2) is 28.1 Å². The van der Waals surface area contributed by atoms with E-state index in [0.29, 0.717) is 14.5 Å². The van der Waals surface area contributed by atoms with E-state index in [0.717, 1.165) is 11.3 Å². The maximum Gasteiger partial charge on any atom is 0.266 e. The highest BCUT2D eigenvalue weighted by Crippen LogP contribution is 2.34. The van der Waals surface area contributed by atoms with E-state index in [-0.39, 0.29) is 11.7 Å². The molecule has 1 aliphatic rings. The summed E-state index contributed by atoms with van der Waals surface area (Å²) in [4.78, 5) is 19.1. The molecule has 1 fully saturated rings. The second kappa shape index (κ2) is 6.83. The SMILES string of the molecule is Cc1ccc(N=C2S/C(=C/c3ccc(O)c(Br)c3)C(=O)N2C)cc1. The molecule has 4 nitrogen and oxygen atoms in total. The Hall–Kier alpha value is -2.05. The van der Waals surface area contributed by atoms with Crippen molar-refractivity contribution in [3.63, 3.8) is 0 Å². The van der Waals surface area contributed by atoms with E-state index >= 15 is 0 Å². The molecule has 0 bridgehead atoms. The van der Waals surface area contributed by atoms with Crippen LogP contribution in [0.25, 0.3) is 6.08 Å². The van der Waals surface area contributed by atoms with E-state index in [4.69, 9.17) is 0 Å². The van der Waals surface area contributed by atoms with Crippen LogP contribution in [0.5, 0.6) is 5.75 Å². The third-order valence-corrected chi connectivity index (χ3v) is 5.23. The normalized spacial score (nSPS) is 18.0. The number of hydrogen-bond acceptors (Lipinski definition) is 4. The lowest BCUT2D eigenvalue weighted by molar-refractivity contribution is -0.121. The number of likely N-dealkylation sites (N-methyl/N-ethyl adjacent to an activating group) is 1. The molecule has 1 N–H and O–H groups in total. The van der Waals surface area contributed by atoms with E-state index in [1.165, 1.54) is 17.3 Å². The smallest absolute Gasteiger partial charge is 0.266 e. The van der Waals surface area contributed by atoms with Gasteiger partial charge in [0.1, 0.15) is 5.75 Å². The molecular weight excluding hydrogens is 388 g/mol. The summed E-state index contributed by atoms with van der Waals surface area (Å²) in [5, 5.41) is 10.2. The predicted molar refractivity (Wildman–Crippen MR) is 102 cm³/mol. The van der Waals surface area contributed by atoms with Gasteiger partial charge in [-0.3, -0.25) is 9.69 Å². The summed E-state index contributed by atoms with van der Waals surface area (Å²) in [7, 11) is 1.72. The Morgan fingerprint density at radius 1 is 1.21 bits per heavy atom. The Morgan fingerprint density at radius 2 is 1.92 bits per heavy atom. The van der Waals surface area contributed by atoms with Crippen LogP contribution >= 0.6 is 27.7 Å². The van der Waals surface area contributed by atoms with Gasteiger partial charge in [0, 0.05) is 7.05 Å². The Morgan fingerprint density at radius 3 is 2.58 bits per heavy atom. The van der Waals surface area contributed by atoms with E-state index in [1.54, 1.807) is 36.2 Å². The number of aromatic hydroxyl groups is 1. The predicted octanol–water partition coefficient (Wildman–Crippen LogP) is 4.70. The monoisotopic (exact) mass is 402 g/mol. The summed E-state index contributed by atoms with van der Waals surface area (Å²) in [5.41, 5.74) is 2.82. The van der Waals surface area contributed by atoms with Gasteiger partial charge in [-0.2, -0.15) is 0 Å². The van der Waals surface area contributed by atoms with Gasteiger partial charge < -0.3 is 5.11 Å². The minimum Gasteiger partial charge on any atom is -0.507 e. The molecule has 1 aliphatic heterocycles. The number of carbonyl (C=O) groups is 1. The van der Waals surface area contributed by atoms with Gasteiger partial charge in [-0.05, 0) is 70.5 Å². The lowest BCUT2D eigenvalue weighted by atomic mass is 10.2. The summed E-state index contributed by atoms with van der Waals surface area (Å²) >= 11 is 4.62. The van der Waals surface area contributed by atoms with Crippen LogP contribution in [0, 0.1) is 6.92 Å². The number of aliphatic imine (C=N–C) groups is 1. The average Bonchev–Trinajstić information content (AvgIpc) is 2.81. The van der Waals surface area contributed by atoms with Gasteiger partial charge in [0.05, 0.1) is 15.1 Å². The molecule has 0 saturated carbocycles. The summed E-state index contributed by atoms with van der Waals surface area (Å²) in [6, 6.07) is 13.0. The molecule has 1 amide bonds. The van der Waals surface area contributed by atoms with Crippen molar-refractivity contribution in [2.45, 2.75) is 6.92 Å². The summed E-state index contributed by atoms with van der Waals surface area (Å²) in [5.74, 6) is 0.0800. The Bertz CT molecular complexity index is 860. The molecule has 0 spiro atoms. The van der Waals surface area contributed by atoms with Crippen LogP contribution in [-0.2, 0) is 4.79 Å². The molecule has 24 heavy (non-hydrogen) atoms. The van der Waals surface area contributed by atoms with Crippen LogP contribution in [0.3, 0.4) is 0 Å². The Balaban J connectivity index is 1.89. The standard InChI is InChI=1S/C18H15BrN2O2S/c1-11-3-6-13(7-4-11)20-18-21(2)17(23)16(24-18)10-12-5-8-15(22)14(19)9-12/h3-10,22H,1-2H3/b16-10+,20-18?. The minimum atomic E-state index is -0.0879. The van der Waals surface area contributed by atoms with Crippen LogP contribution in [0.4, 0.5) is 5.69 Å². The Kier molecular flexibility index (Phi) is 4.78. The van der Waals surface area contributed by atoms with Crippen molar-refractivity contribution in [2.75, 3.05) is 7.05 Å². The summed E-state index contributed by atoms with van der Waals surface area (Å²) in [6.45, 7) is 2.02. The minimum absolute atomic E-state index is 0.0879. The van der Waals surface area contributed by atoms with Crippen molar-refractivity contribution in [2.24, 2.45) is 4.99 Å². The average molecular weight is 403 g/mol. The lowest BCUT2D eigenvalue weighted by Crippen LogP contribution is -2.23. The van der Waals surface area contributed by atoms with Gasteiger partial charge in [0.15, 0.2) is 5.17 Å². The number of hydrogen-bond donors (Lipinski definition) is 1. The molecule has 2 aromatic carbocycles. The van der Waals surface area contributed by atoms with Crippen molar-refractivity contribution in [3.8, 4) is 5.75 Å². The van der Waals surface area contributed by atoms with Gasteiger partial charge in [0.2, 0.25) is 0 Å². The fourth-order valence-corrected chi connectivity index (χ4v) is 3.53. The van der Waals surface area contributed by atoms with Gasteiger partial charge in [-0.15, -0.1) is 0 Å². The van der Waals surface area contributed by atoms with Gasteiger partial charge in [0.25, 0.3) is 5.91 Å². The van der Waals surface area contributed by atoms with Crippen molar-refractivity contribution in [3.05, 3.63) is 63.0 Å². The van der Waals surface area contributed by atoms with Gasteiger partial charge in [-0.1, -0.05) is 23.8 Å². The van der Waals surface area contributed by atoms with E-state index in [1.807, 2.05) is 31.2 Å². The van der Waals surface area contributed by atoms with E-state index < -0.39 is 0 Å². The van der Waals surface area contributed by atoms with Crippen LogP contribution < -0.4 is 0 Å². The largest absolute Gasteiger partial charge is 0.507 e. The number of thioether (sulfide) groups is 1. The number of phenols is 1. The molecule has 0 aliphatic carbocycles. The molecule has 6 heteroatoms. The van der Waals surface area contributed by atoms with Gasteiger partial charge in [-0.25, -0.2) is 4.99 Å². The maximum atomic E-state index is 12.4. The third-order valence-electron chi connectivity index (χ3n) is 3.53. The van der Waals surface area contributed by atoms with Crippen molar-refractivity contribution < 1.29 is 9.90 Å². The van der Waals surface area contributed by atoms with Crippen LogP contribution in [0.15, 0.2) is 56.8 Å². The summed E-state index contributed by atoms with van der Waals surface area (Å²) in [6.07, 6.45) is 1.80. The second-order valence-electron chi connectivity index (χ2n) is 5.42. The highest BCUT2D eigenvalue weighted by Gasteiger charge is 2.30. The zero-order chi connectivity index (χ0) is 17.3. The van der Waals surface area contributed by atoms with Gasteiger partial charge >= 0.3 is 0 Å². The maximum absolute atomic E-state index is 12.4. The molecule has 122 valence electrons. The number of nitrogens with zero attached hydrogens (tertiary/aromatic N) is 2. The molecule has 0 atom stereocenters. The van der Waals surface area contributed by atoms with Crippen molar-refractivity contribution in [1.82, 2.24) is 4.90 Å². The van der Waals surface area contributed by atoms with E-state index in [9.17, 15) is 9.90 Å². The molecule has 0 radical (unpaired) electrons. The first-order chi connectivity index (χ1) is 11.4. The zero-order valence-electron chi connectivity index (χ0n) is 13.2. The summed E-state index contributed by atoms with van der Waals surface area (Å²) < 4.78 is 0.592. The first-order valence-corrected chi connectivity index (χ1v) is 8.86. The molecule has 3 rings (SSSR count). The molecule has 0 aromatic heterocycles. The van der Waals surface area contributed by atoms with E-state index in [2.05, 4.69) is 20.9 Å². The molecule has 1 heterocycles. The fourth-order valence-electron chi connectivity index (χ4n) is 2.15. The first kappa shape index (κ1) is 16.8. The number of phenolic OH excluding ortho intramolecular Hbond substituents is 1. The number of benzene rings is 2. The number of carbonyl (C=O) groups excluding carboxylic acids is 1. The quantitative estimate of drug-likeness (QED) is 0.740. The highest BCUT2D eigenvalue weighted by molar-refractivity contribution is 9.10. The molecule has 2 aromatic rings. The fraction of sp³-hybridized carbons (Fsp3) is 0.111. The topological polar surface area (TPSA) is 52.9 Å². The first-order valence-electron chi connectivity index (χ1n) is 7.25. The van der Waals surface area contributed by atoms with Crippen molar-refractivity contribution >= 4 is 50.5 Å². The number of amides is 1. The number of halogens is 1. The zero-order valence-corrected chi connectivity index (χ0v) is 15.6. The second-order valence-corrected chi connectivity index (χ2v) is 7.28. The molecule has 1 saturated heterocycles. The number of rotatable bonds is 2. The van der Waals surface area contributed by atoms with Crippen LogP contribution in [0.1, 0.15) is 11.1 Å². The molecule has 0 unspecified atom stereocenters. The third kappa shape index (κ3) is 3.55.